The van der Waals surface area contributed by atoms with Gasteiger partial charge in [-0.1, -0.05) is 62.1 Å². The van der Waals surface area contributed by atoms with Crippen molar-refractivity contribution < 1.29 is 4.74 Å². The van der Waals surface area contributed by atoms with Gasteiger partial charge in [0.1, 0.15) is 5.75 Å². The predicted octanol–water partition coefficient (Wildman–Crippen LogP) is 5.80. The van der Waals surface area contributed by atoms with Gasteiger partial charge in [0.2, 0.25) is 0 Å². The largest absolute Gasteiger partial charge is 0.493 e. The van der Waals surface area contributed by atoms with Gasteiger partial charge in [-0.15, -0.1) is 11.6 Å². The van der Waals surface area contributed by atoms with E-state index >= 15 is 0 Å². The molecule has 0 spiro atoms. The fraction of sp³-hybridized carbons (Fsp3) is 0.444. The molecule has 0 aromatic heterocycles. The summed E-state index contributed by atoms with van der Waals surface area (Å²) in [5, 5.41) is 2.45. The fourth-order valence-electron chi connectivity index (χ4n) is 2.41. The molecule has 0 radical (unpaired) electrons. The highest BCUT2D eigenvalue weighted by Gasteiger charge is 2.00. The van der Waals surface area contributed by atoms with Crippen LogP contribution >= 0.6 is 11.6 Å². The van der Waals surface area contributed by atoms with Crippen LogP contribution in [0.2, 0.25) is 0 Å². The first-order valence-electron chi connectivity index (χ1n) is 7.58. The lowest BCUT2D eigenvalue weighted by atomic mass is 10.1. The maximum atomic E-state index is 5.93. The standard InChI is InChI=1S/C18H23ClO/c19-14-7-3-1-2-4-8-15-20-18-13-9-11-16-10-5-6-12-17(16)18/h5-6,9-13H,1-4,7-8,14-15H2. The van der Waals surface area contributed by atoms with Crippen molar-refractivity contribution in [3.8, 4) is 5.75 Å². The van der Waals surface area contributed by atoms with Crippen LogP contribution in [-0.4, -0.2) is 12.5 Å². The Morgan fingerprint density at radius 2 is 1.45 bits per heavy atom. The Hall–Kier alpha value is -1.21. The van der Waals surface area contributed by atoms with Gasteiger partial charge in [0.05, 0.1) is 6.61 Å². The normalized spacial score (nSPS) is 10.8. The van der Waals surface area contributed by atoms with Crippen LogP contribution in [-0.2, 0) is 0 Å². The summed E-state index contributed by atoms with van der Waals surface area (Å²) in [5.41, 5.74) is 0. The zero-order valence-electron chi connectivity index (χ0n) is 12.0. The third-order valence-corrected chi connectivity index (χ3v) is 3.80. The molecular formula is C18H23ClO. The van der Waals surface area contributed by atoms with E-state index in [4.69, 9.17) is 16.3 Å². The molecule has 0 amide bonds. The summed E-state index contributed by atoms with van der Waals surface area (Å²) in [6, 6.07) is 14.6. The van der Waals surface area contributed by atoms with Crippen molar-refractivity contribution in [1.29, 1.82) is 0 Å². The molecule has 0 N–H and O–H groups in total. The van der Waals surface area contributed by atoms with Crippen LogP contribution in [0.15, 0.2) is 42.5 Å². The number of fused-ring (bicyclic) bond motifs is 1. The number of ether oxygens (including phenoxy) is 1. The lowest BCUT2D eigenvalue weighted by molar-refractivity contribution is 0.308. The van der Waals surface area contributed by atoms with E-state index in [0.717, 1.165) is 31.1 Å². The molecular weight excluding hydrogens is 268 g/mol. The summed E-state index contributed by atoms with van der Waals surface area (Å²) in [4.78, 5) is 0. The molecule has 0 saturated carbocycles. The van der Waals surface area contributed by atoms with E-state index < -0.39 is 0 Å². The molecule has 2 heteroatoms. The van der Waals surface area contributed by atoms with Crippen molar-refractivity contribution in [3.05, 3.63) is 42.5 Å². The molecule has 2 aromatic carbocycles. The lowest BCUT2D eigenvalue weighted by Gasteiger charge is -2.09. The maximum Gasteiger partial charge on any atom is 0.127 e. The van der Waals surface area contributed by atoms with Crippen LogP contribution in [0.5, 0.6) is 5.75 Å². The Bertz CT molecular complexity index is 504. The van der Waals surface area contributed by atoms with E-state index in [2.05, 4.69) is 42.5 Å². The Morgan fingerprint density at radius 1 is 0.750 bits per heavy atom. The van der Waals surface area contributed by atoms with Crippen LogP contribution < -0.4 is 4.74 Å². The quantitative estimate of drug-likeness (QED) is 0.419. The topological polar surface area (TPSA) is 9.23 Å². The molecule has 0 saturated heterocycles. The first-order chi connectivity index (χ1) is 9.92. The minimum atomic E-state index is 0.796. The van der Waals surface area contributed by atoms with Crippen LogP contribution in [0.3, 0.4) is 0 Å². The Kier molecular flexibility index (Phi) is 6.73. The summed E-state index contributed by atoms with van der Waals surface area (Å²) in [6.45, 7) is 0.809. The van der Waals surface area contributed by atoms with Gasteiger partial charge < -0.3 is 4.74 Å². The Morgan fingerprint density at radius 3 is 2.30 bits per heavy atom. The highest BCUT2D eigenvalue weighted by atomic mass is 35.5. The summed E-state index contributed by atoms with van der Waals surface area (Å²) in [6.07, 6.45) is 7.36. The highest BCUT2D eigenvalue weighted by molar-refractivity contribution is 6.17. The number of hydrogen-bond acceptors (Lipinski definition) is 1. The van der Waals surface area contributed by atoms with E-state index in [0.29, 0.717) is 0 Å². The average Bonchev–Trinajstić information content (AvgIpc) is 2.50. The molecule has 0 bridgehead atoms. The Balaban J connectivity index is 1.71. The van der Waals surface area contributed by atoms with E-state index in [1.165, 1.54) is 36.5 Å². The summed E-state index contributed by atoms with van der Waals surface area (Å²) < 4.78 is 5.93. The first-order valence-corrected chi connectivity index (χ1v) is 8.12. The molecule has 0 unspecified atom stereocenters. The van der Waals surface area contributed by atoms with Gasteiger partial charge in [-0.3, -0.25) is 0 Å². The van der Waals surface area contributed by atoms with Crippen molar-refractivity contribution in [2.45, 2.75) is 38.5 Å². The monoisotopic (exact) mass is 290 g/mol. The van der Waals surface area contributed by atoms with Crippen LogP contribution in [0.4, 0.5) is 0 Å². The number of halogens is 1. The predicted molar refractivity (Wildman–Crippen MR) is 87.9 cm³/mol. The third-order valence-electron chi connectivity index (χ3n) is 3.54. The van der Waals surface area contributed by atoms with Crippen LogP contribution in [0.25, 0.3) is 10.8 Å². The van der Waals surface area contributed by atoms with Crippen molar-refractivity contribution in [2.24, 2.45) is 0 Å². The second kappa shape index (κ2) is 8.86. The van der Waals surface area contributed by atoms with Crippen molar-refractivity contribution in [3.63, 3.8) is 0 Å². The number of unbranched alkanes of at least 4 members (excludes halogenated alkanes) is 5. The molecule has 0 fully saturated rings. The number of rotatable bonds is 9. The number of alkyl halides is 1. The molecule has 20 heavy (non-hydrogen) atoms. The number of benzene rings is 2. The van der Waals surface area contributed by atoms with E-state index in [-0.39, 0.29) is 0 Å². The van der Waals surface area contributed by atoms with Gasteiger partial charge in [0.15, 0.2) is 0 Å². The summed E-state index contributed by atoms with van der Waals surface area (Å²) >= 11 is 5.66. The van der Waals surface area contributed by atoms with Crippen molar-refractivity contribution >= 4 is 22.4 Å². The van der Waals surface area contributed by atoms with Gasteiger partial charge >= 0.3 is 0 Å². The molecule has 0 aliphatic carbocycles. The van der Waals surface area contributed by atoms with Gasteiger partial charge in [0.25, 0.3) is 0 Å². The molecule has 0 heterocycles. The summed E-state index contributed by atoms with van der Waals surface area (Å²) in [7, 11) is 0. The molecule has 0 atom stereocenters. The second-order valence-electron chi connectivity index (χ2n) is 5.14. The second-order valence-corrected chi connectivity index (χ2v) is 5.51. The molecule has 2 rings (SSSR count). The van der Waals surface area contributed by atoms with Gasteiger partial charge in [-0.25, -0.2) is 0 Å². The molecule has 108 valence electrons. The zero-order valence-corrected chi connectivity index (χ0v) is 12.7. The van der Waals surface area contributed by atoms with Crippen LogP contribution in [0, 0.1) is 0 Å². The smallest absolute Gasteiger partial charge is 0.127 e. The maximum absolute atomic E-state index is 5.93. The minimum absolute atomic E-state index is 0.796. The molecule has 0 aliphatic rings. The molecule has 0 aliphatic heterocycles. The lowest BCUT2D eigenvalue weighted by Crippen LogP contribution is -1.97. The van der Waals surface area contributed by atoms with E-state index in [1.54, 1.807) is 0 Å². The number of hydrogen-bond donors (Lipinski definition) is 0. The van der Waals surface area contributed by atoms with E-state index in [1.807, 2.05) is 0 Å². The fourth-order valence-corrected chi connectivity index (χ4v) is 2.60. The average molecular weight is 291 g/mol. The van der Waals surface area contributed by atoms with Crippen molar-refractivity contribution in [2.75, 3.05) is 12.5 Å². The molecule has 2 aromatic rings. The SMILES string of the molecule is ClCCCCCCCCOc1cccc2ccccc12. The third kappa shape index (κ3) is 4.72. The van der Waals surface area contributed by atoms with E-state index in [9.17, 15) is 0 Å². The van der Waals surface area contributed by atoms with Gasteiger partial charge in [-0.05, 0) is 24.3 Å². The molecule has 1 nitrogen and oxygen atoms in total. The van der Waals surface area contributed by atoms with Gasteiger partial charge in [-0.2, -0.15) is 0 Å². The zero-order chi connectivity index (χ0) is 14.0. The minimum Gasteiger partial charge on any atom is -0.493 e. The first kappa shape index (κ1) is 15.2. The highest BCUT2D eigenvalue weighted by Crippen LogP contribution is 2.25. The Labute approximate surface area is 126 Å². The van der Waals surface area contributed by atoms with Crippen molar-refractivity contribution in [1.82, 2.24) is 0 Å². The van der Waals surface area contributed by atoms with Crippen LogP contribution in [0.1, 0.15) is 38.5 Å². The summed E-state index contributed by atoms with van der Waals surface area (Å²) in [5.74, 6) is 1.80. The van der Waals surface area contributed by atoms with Gasteiger partial charge in [0, 0.05) is 11.3 Å².